The lowest BCUT2D eigenvalue weighted by molar-refractivity contribution is -0.137. The van der Waals surface area contributed by atoms with Gasteiger partial charge in [0.2, 0.25) is 11.8 Å². The van der Waals surface area contributed by atoms with Crippen molar-refractivity contribution >= 4 is 11.8 Å². The summed E-state index contributed by atoms with van der Waals surface area (Å²) in [4.78, 5) is 36.3. The summed E-state index contributed by atoms with van der Waals surface area (Å²) < 4.78 is 2.07. The van der Waals surface area contributed by atoms with Gasteiger partial charge >= 0.3 is 0 Å². The van der Waals surface area contributed by atoms with Gasteiger partial charge in [-0.05, 0) is 11.5 Å². The lowest BCUT2D eigenvalue weighted by Crippen LogP contribution is -2.51. The minimum Gasteiger partial charge on any atom is -0.342 e. The van der Waals surface area contributed by atoms with E-state index in [0.29, 0.717) is 32.0 Å². The summed E-state index contributed by atoms with van der Waals surface area (Å²) in [6, 6.07) is 10.5. The largest absolute Gasteiger partial charge is 0.342 e. The number of benzene rings is 1. The highest BCUT2D eigenvalue weighted by Crippen LogP contribution is 2.29. The molecule has 7 heteroatoms. The smallest absolute Gasteiger partial charge is 0.228 e. The van der Waals surface area contributed by atoms with Crippen LogP contribution in [-0.2, 0) is 16.6 Å². The van der Waals surface area contributed by atoms with Crippen molar-refractivity contribution in [2.45, 2.75) is 26.3 Å². The van der Waals surface area contributed by atoms with Crippen LogP contribution in [0.3, 0.4) is 0 Å². The molecule has 4 rings (SSSR count). The summed E-state index contributed by atoms with van der Waals surface area (Å²) >= 11 is 0. The fourth-order valence-corrected chi connectivity index (χ4v) is 4.81. The Labute approximate surface area is 184 Å². The molecule has 31 heavy (non-hydrogen) atoms. The minimum absolute atomic E-state index is 0.0630. The monoisotopic (exact) mass is 423 g/mol. The van der Waals surface area contributed by atoms with Crippen molar-refractivity contribution in [3.63, 3.8) is 0 Å². The molecule has 2 aliphatic heterocycles. The van der Waals surface area contributed by atoms with Gasteiger partial charge in [-0.2, -0.15) is 0 Å². The average molecular weight is 424 g/mol. The Morgan fingerprint density at radius 1 is 1.13 bits per heavy atom. The molecule has 0 radical (unpaired) electrons. The highest BCUT2D eigenvalue weighted by molar-refractivity contribution is 5.89. The van der Waals surface area contributed by atoms with Crippen molar-refractivity contribution < 1.29 is 9.59 Å². The molecule has 2 atom stereocenters. The zero-order valence-electron chi connectivity index (χ0n) is 18.8. The molecule has 0 N–H and O–H groups in total. The van der Waals surface area contributed by atoms with E-state index < -0.39 is 0 Å². The molecular weight excluding hydrogens is 390 g/mol. The summed E-state index contributed by atoms with van der Waals surface area (Å²) in [5.74, 6) is 1.48. The van der Waals surface area contributed by atoms with Gasteiger partial charge in [-0.3, -0.25) is 14.5 Å². The van der Waals surface area contributed by atoms with E-state index in [0.717, 1.165) is 25.5 Å². The number of amides is 2. The van der Waals surface area contributed by atoms with Gasteiger partial charge in [0.25, 0.3) is 0 Å². The van der Waals surface area contributed by atoms with Crippen LogP contribution in [0.5, 0.6) is 0 Å². The first kappa shape index (κ1) is 21.6. The second-order valence-corrected chi connectivity index (χ2v) is 9.16. The normalized spacial score (nSPS) is 21.2. The second kappa shape index (κ2) is 9.22. The Bertz CT molecular complexity index is 902. The van der Waals surface area contributed by atoms with Crippen LogP contribution in [-0.4, -0.2) is 75.3 Å². The van der Waals surface area contributed by atoms with E-state index in [-0.39, 0.29) is 23.8 Å². The number of aromatic nitrogens is 2. The topological polar surface area (TPSA) is 61.7 Å². The molecule has 2 aliphatic rings. The highest BCUT2D eigenvalue weighted by atomic mass is 16.2. The van der Waals surface area contributed by atoms with Crippen molar-refractivity contribution in [2.24, 2.45) is 18.9 Å². The summed E-state index contributed by atoms with van der Waals surface area (Å²) in [7, 11) is 2.03. The Kier molecular flexibility index (Phi) is 6.41. The summed E-state index contributed by atoms with van der Waals surface area (Å²) in [5, 5.41) is 0. The number of hydrogen-bond donors (Lipinski definition) is 0. The van der Waals surface area contributed by atoms with Crippen LogP contribution in [0.25, 0.3) is 0 Å². The average Bonchev–Trinajstić information content (AvgIpc) is 3.34. The quantitative estimate of drug-likeness (QED) is 0.714. The first-order valence-electron chi connectivity index (χ1n) is 11.3. The predicted octanol–water partition coefficient (Wildman–Crippen LogP) is 2.16. The predicted molar refractivity (Wildman–Crippen MR) is 119 cm³/mol. The molecule has 7 nitrogen and oxygen atoms in total. The zero-order chi connectivity index (χ0) is 22.0. The van der Waals surface area contributed by atoms with Gasteiger partial charge in [-0.1, -0.05) is 44.2 Å². The maximum Gasteiger partial charge on any atom is 0.228 e. The zero-order valence-corrected chi connectivity index (χ0v) is 18.8. The van der Waals surface area contributed by atoms with E-state index in [2.05, 4.69) is 52.6 Å². The third-order valence-electron chi connectivity index (χ3n) is 6.36. The van der Waals surface area contributed by atoms with E-state index >= 15 is 0 Å². The van der Waals surface area contributed by atoms with Gasteiger partial charge in [0.05, 0.1) is 12.0 Å². The molecule has 2 saturated heterocycles. The first-order chi connectivity index (χ1) is 14.9. The maximum atomic E-state index is 13.1. The van der Waals surface area contributed by atoms with Crippen molar-refractivity contribution in [1.29, 1.82) is 0 Å². The Morgan fingerprint density at radius 3 is 2.45 bits per heavy atom. The Morgan fingerprint density at radius 2 is 1.84 bits per heavy atom. The SMILES string of the molecule is CC(C)CN1C[C@H](C(=O)N2CCN([C@@H](c3ccccc3)c3nccn3C)CC2)CC1=O. The van der Waals surface area contributed by atoms with Crippen LogP contribution < -0.4 is 0 Å². The van der Waals surface area contributed by atoms with E-state index in [1.807, 2.05) is 35.3 Å². The minimum atomic E-state index is -0.197. The number of rotatable bonds is 6. The number of aryl methyl sites for hydroxylation is 1. The summed E-state index contributed by atoms with van der Waals surface area (Å²) in [6.07, 6.45) is 4.17. The van der Waals surface area contributed by atoms with Crippen molar-refractivity contribution in [1.82, 2.24) is 24.3 Å². The Balaban J connectivity index is 1.42. The molecule has 0 aliphatic carbocycles. The van der Waals surface area contributed by atoms with Crippen molar-refractivity contribution in [3.8, 4) is 0 Å². The standard InChI is InChI=1S/C24H33N5O2/c1-18(2)16-29-17-20(15-21(29)30)24(31)28-13-11-27(12-14-28)22(19-7-5-4-6-8-19)23-25-9-10-26(23)3/h4-10,18,20,22H,11-17H2,1-3H3/t20-,22+/m1/s1. The molecule has 2 fully saturated rings. The second-order valence-electron chi connectivity index (χ2n) is 9.16. The number of hydrogen-bond acceptors (Lipinski definition) is 4. The van der Waals surface area contributed by atoms with Gasteiger partial charge < -0.3 is 14.4 Å². The highest BCUT2D eigenvalue weighted by Gasteiger charge is 2.38. The molecule has 166 valence electrons. The number of piperazine rings is 1. The Hall–Kier alpha value is -2.67. The number of nitrogens with zero attached hydrogens (tertiary/aromatic N) is 5. The first-order valence-corrected chi connectivity index (χ1v) is 11.3. The third-order valence-corrected chi connectivity index (χ3v) is 6.36. The molecule has 0 unspecified atom stereocenters. The van der Waals surface area contributed by atoms with Gasteiger partial charge in [-0.15, -0.1) is 0 Å². The maximum absolute atomic E-state index is 13.1. The molecule has 0 bridgehead atoms. The van der Waals surface area contributed by atoms with Crippen LogP contribution >= 0.6 is 0 Å². The van der Waals surface area contributed by atoms with Crippen molar-refractivity contribution in [3.05, 3.63) is 54.1 Å². The molecule has 0 spiro atoms. The molecule has 2 amide bonds. The fourth-order valence-electron chi connectivity index (χ4n) is 4.81. The van der Waals surface area contributed by atoms with Crippen LogP contribution in [0, 0.1) is 11.8 Å². The van der Waals surface area contributed by atoms with Crippen LogP contribution in [0.4, 0.5) is 0 Å². The van der Waals surface area contributed by atoms with E-state index in [4.69, 9.17) is 0 Å². The van der Waals surface area contributed by atoms with Crippen molar-refractivity contribution in [2.75, 3.05) is 39.3 Å². The molecular formula is C24H33N5O2. The van der Waals surface area contributed by atoms with Crippen LogP contribution in [0.1, 0.15) is 37.7 Å². The van der Waals surface area contributed by atoms with Gasteiger partial charge in [-0.25, -0.2) is 4.98 Å². The summed E-state index contributed by atoms with van der Waals surface area (Å²) in [5.41, 5.74) is 1.21. The van der Waals surface area contributed by atoms with Gasteiger partial charge in [0.15, 0.2) is 0 Å². The number of likely N-dealkylation sites (tertiary alicyclic amines) is 1. The summed E-state index contributed by atoms with van der Waals surface area (Å²) in [6.45, 7) is 8.44. The van der Waals surface area contributed by atoms with Crippen LogP contribution in [0.15, 0.2) is 42.7 Å². The van der Waals surface area contributed by atoms with Crippen LogP contribution in [0.2, 0.25) is 0 Å². The van der Waals surface area contributed by atoms with Gasteiger partial charge in [0.1, 0.15) is 5.82 Å². The fraction of sp³-hybridized carbons (Fsp3) is 0.542. The molecule has 1 aromatic carbocycles. The number of carbonyl (C=O) groups is 2. The van der Waals surface area contributed by atoms with Gasteiger partial charge in [0, 0.05) is 65.1 Å². The molecule has 2 aromatic rings. The number of imidazole rings is 1. The molecule has 1 aromatic heterocycles. The number of carbonyl (C=O) groups excluding carboxylic acids is 2. The van der Waals surface area contributed by atoms with E-state index in [1.54, 1.807) is 0 Å². The lowest BCUT2D eigenvalue weighted by atomic mass is 10.0. The molecule has 0 saturated carbocycles. The lowest BCUT2D eigenvalue weighted by Gasteiger charge is -2.39. The van der Waals surface area contributed by atoms with E-state index in [9.17, 15) is 9.59 Å². The molecule has 3 heterocycles. The van der Waals surface area contributed by atoms with E-state index in [1.165, 1.54) is 5.56 Å². The third kappa shape index (κ3) is 4.66.